The molecule has 0 spiro atoms. The molecule has 2 aromatic rings. The summed E-state index contributed by atoms with van der Waals surface area (Å²) in [4.78, 5) is 29.0. The molecule has 11 heteroatoms. The maximum Gasteiger partial charge on any atom is 0.257 e. The van der Waals surface area contributed by atoms with Crippen LogP contribution in [0.25, 0.3) is 0 Å². The number of halogens is 1. The van der Waals surface area contributed by atoms with E-state index >= 15 is 0 Å². The van der Waals surface area contributed by atoms with Gasteiger partial charge in [-0.3, -0.25) is 14.9 Å². The van der Waals surface area contributed by atoms with Crippen LogP contribution in [0.1, 0.15) is 24.2 Å². The molecule has 3 rings (SSSR count). The first-order valence-corrected chi connectivity index (χ1v) is 12.2. The molecule has 2 N–H and O–H groups in total. The molecule has 0 aromatic heterocycles. The lowest BCUT2D eigenvalue weighted by atomic mass is 10.1. The highest BCUT2D eigenvalue weighted by atomic mass is 35.5. The number of rotatable bonds is 7. The second-order valence-electron chi connectivity index (χ2n) is 8.46. The molecule has 1 heterocycles. The predicted molar refractivity (Wildman–Crippen MR) is 145 cm³/mol. The monoisotopic (exact) mass is 534 g/mol. The van der Waals surface area contributed by atoms with Crippen LogP contribution in [0.2, 0.25) is 5.02 Å². The number of nitrogens with zero attached hydrogens (tertiary/aromatic N) is 2. The van der Waals surface area contributed by atoms with E-state index in [1.54, 1.807) is 18.2 Å². The van der Waals surface area contributed by atoms with Crippen LogP contribution in [0.15, 0.2) is 30.3 Å². The number of methoxy groups -OCH3 is 3. The van der Waals surface area contributed by atoms with Gasteiger partial charge < -0.3 is 29.3 Å². The molecule has 194 valence electrons. The third-order valence-corrected chi connectivity index (χ3v) is 6.29. The van der Waals surface area contributed by atoms with E-state index in [0.717, 1.165) is 5.69 Å². The summed E-state index contributed by atoms with van der Waals surface area (Å²) in [5, 5.41) is 6.28. The Labute approximate surface area is 221 Å². The number of hydrogen-bond donors (Lipinski definition) is 2. The Kier molecular flexibility index (Phi) is 9.22. The lowest BCUT2D eigenvalue weighted by molar-refractivity contribution is -0.134. The molecule has 1 saturated heterocycles. The van der Waals surface area contributed by atoms with E-state index in [2.05, 4.69) is 15.5 Å². The van der Waals surface area contributed by atoms with Crippen molar-refractivity contribution in [2.24, 2.45) is 5.92 Å². The average molecular weight is 535 g/mol. The van der Waals surface area contributed by atoms with Crippen molar-refractivity contribution in [3.8, 4) is 17.2 Å². The highest BCUT2D eigenvalue weighted by Gasteiger charge is 2.24. The van der Waals surface area contributed by atoms with Crippen LogP contribution < -0.4 is 29.7 Å². The number of carbonyl (C=O) groups excluding carboxylic acids is 2. The highest BCUT2D eigenvalue weighted by molar-refractivity contribution is 7.80. The van der Waals surface area contributed by atoms with Gasteiger partial charge in [0.15, 0.2) is 16.6 Å². The Hall–Kier alpha value is -3.24. The first kappa shape index (κ1) is 27.3. The van der Waals surface area contributed by atoms with E-state index in [0.29, 0.717) is 54.1 Å². The Balaban J connectivity index is 1.62. The fraction of sp³-hybridized carbons (Fsp3) is 0.400. The zero-order chi connectivity index (χ0) is 26.4. The van der Waals surface area contributed by atoms with Crippen LogP contribution in [0.3, 0.4) is 0 Å². The number of thiocarbonyl (C=S) groups is 1. The van der Waals surface area contributed by atoms with E-state index in [1.807, 2.05) is 30.9 Å². The largest absolute Gasteiger partial charge is 0.493 e. The summed E-state index contributed by atoms with van der Waals surface area (Å²) in [7, 11) is 4.44. The van der Waals surface area contributed by atoms with Gasteiger partial charge in [-0.1, -0.05) is 25.4 Å². The van der Waals surface area contributed by atoms with Gasteiger partial charge in [-0.2, -0.15) is 0 Å². The molecule has 1 aliphatic heterocycles. The maximum absolute atomic E-state index is 12.8. The van der Waals surface area contributed by atoms with Crippen molar-refractivity contribution >= 4 is 52.1 Å². The number of hydrogen-bond acceptors (Lipinski definition) is 7. The van der Waals surface area contributed by atoms with Gasteiger partial charge >= 0.3 is 0 Å². The standard InChI is InChI=1S/C25H31ClN4O5S/c1-15(2)24(32)30-10-8-29(9-11-30)19-7-6-17(14-18(19)26)27-25(36)28-23(31)16-12-20(33-3)22(35-5)21(13-16)34-4/h6-7,12-15H,8-11H2,1-5H3,(H2,27,28,31,36). The number of benzene rings is 2. The predicted octanol–water partition coefficient (Wildman–Crippen LogP) is 3.80. The van der Waals surface area contributed by atoms with Crippen LogP contribution >= 0.6 is 23.8 Å². The Bertz CT molecular complexity index is 1110. The molecule has 0 bridgehead atoms. The van der Waals surface area contributed by atoms with Gasteiger partial charge in [0.25, 0.3) is 5.91 Å². The van der Waals surface area contributed by atoms with Crippen molar-refractivity contribution in [3.63, 3.8) is 0 Å². The normalized spacial score (nSPS) is 13.3. The molecular formula is C25H31ClN4O5S. The minimum absolute atomic E-state index is 0.0106. The van der Waals surface area contributed by atoms with Crippen molar-refractivity contribution < 1.29 is 23.8 Å². The number of ether oxygens (including phenoxy) is 3. The fourth-order valence-corrected chi connectivity index (χ4v) is 4.43. The molecule has 9 nitrogen and oxygen atoms in total. The molecule has 0 atom stereocenters. The number of piperazine rings is 1. The molecule has 36 heavy (non-hydrogen) atoms. The zero-order valence-electron chi connectivity index (χ0n) is 21.0. The fourth-order valence-electron chi connectivity index (χ4n) is 3.92. The molecule has 0 unspecified atom stereocenters. The smallest absolute Gasteiger partial charge is 0.257 e. The van der Waals surface area contributed by atoms with Crippen LogP contribution in [0, 0.1) is 5.92 Å². The summed E-state index contributed by atoms with van der Waals surface area (Å²) >= 11 is 11.9. The first-order chi connectivity index (χ1) is 17.2. The van der Waals surface area contributed by atoms with Crippen LogP contribution in [0.4, 0.5) is 11.4 Å². The third-order valence-electron chi connectivity index (χ3n) is 5.79. The SMILES string of the molecule is COc1cc(C(=O)NC(=S)Nc2ccc(N3CCN(C(=O)C(C)C)CC3)c(Cl)c2)cc(OC)c1OC. The van der Waals surface area contributed by atoms with E-state index < -0.39 is 5.91 Å². The quantitative estimate of drug-likeness (QED) is 0.518. The van der Waals surface area contributed by atoms with Crippen LogP contribution in [-0.2, 0) is 4.79 Å². The molecule has 2 aromatic carbocycles. The molecule has 0 aliphatic carbocycles. The minimum atomic E-state index is -0.441. The second kappa shape index (κ2) is 12.1. The van der Waals surface area contributed by atoms with Crippen molar-refractivity contribution in [2.45, 2.75) is 13.8 Å². The number of nitrogens with one attached hydrogen (secondary N) is 2. The summed E-state index contributed by atoms with van der Waals surface area (Å²) in [6.07, 6.45) is 0. The van der Waals surface area contributed by atoms with E-state index in [9.17, 15) is 9.59 Å². The number of amides is 2. The highest BCUT2D eigenvalue weighted by Crippen LogP contribution is 2.38. The maximum atomic E-state index is 12.8. The summed E-state index contributed by atoms with van der Waals surface area (Å²) < 4.78 is 15.9. The van der Waals surface area contributed by atoms with Crippen molar-refractivity contribution in [1.82, 2.24) is 10.2 Å². The summed E-state index contributed by atoms with van der Waals surface area (Å²) in [6.45, 7) is 6.54. The Morgan fingerprint density at radius 1 is 0.972 bits per heavy atom. The van der Waals surface area contributed by atoms with Gasteiger partial charge in [-0.25, -0.2) is 0 Å². The lowest BCUT2D eigenvalue weighted by Gasteiger charge is -2.37. The molecular weight excluding hydrogens is 504 g/mol. The summed E-state index contributed by atoms with van der Waals surface area (Å²) in [5.74, 6) is 0.824. The van der Waals surface area contributed by atoms with Gasteiger partial charge in [-0.15, -0.1) is 0 Å². The van der Waals surface area contributed by atoms with Crippen LogP contribution in [-0.4, -0.2) is 69.3 Å². The van der Waals surface area contributed by atoms with E-state index in [1.165, 1.54) is 21.3 Å². The molecule has 0 saturated carbocycles. The Morgan fingerprint density at radius 2 is 1.58 bits per heavy atom. The molecule has 1 aliphatic rings. The lowest BCUT2D eigenvalue weighted by Crippen LogP contribution is -2.50. The average Bonchev–Trinajstić information content (AvgIpc) is 2.87. The zero-order valence-corrected chi connectivity index (χ0v) is 22.6. The third kappa shape index (κ3) is 6.30. The topological polar surface area (TPSA) is 92.4 Å². The summed E-state index contributed by atoms with van der Waals surface area (Å²) in [6, 6.07) is 8.57. The van der Waals surface area contributed by atoms with Gasteiger partial charge in [0.05, 0.1) is 32.0 Å². The van der Waals surface area contributed by atoms with Gasteiger partial charge in [0, 0.05) is 43.3 Å². The molecule has 1 fully saturated rings. The first-order valence-electron chi connectivity index (χ1n) is 11.4. The van der Waals surface area contributed by atoms with Crippen molar-refractivity contribution in [2.75, 3.05) is 57.7 Å². The van der Waals surface area contributed by atoms with Gasteiger partial charge in [0.2, 0.25) is 11.7 Å². The van der Waals surface area contributed by atoms with Crippen LogP contribution in [0.5, 0.6) is 17.2 Å². The second-order valence-corrected chi connectivity index (χ2v) is 9.27. The van der Waals surface area contributed by atoms with E-state index in [4.69, 9.17) is 38.0 Å². The minimum Gasteiger partial charge on any atom is -0.493 e. The van der Waals surface area contributed by atoms with Crippen molar-refractivity contribution in [1.29, 1.82) is 0 Å². The molecule has 0 radical (unpaired) electrons. The molecule has 2 amide bonds. The van der Waals surface area contributed by atoms with Crippen molar-refractivity contribution in [3.05, 3.63) is 40.9 Å². The van der Waals surface area contributed by atoms with Gasteiger partial charge in [0.1, 0.15) is 0 Å². The van der Waals surface area contributed by atoms with E-state index in [-0.39, 0.29) is 22.5 Å². The summed E-state index contributed by atoms with van der Waals surface area (Å²) in [5.41, 5.74) is 1.80. The van der Waals surface area contributed by atoms with Gasteiger partial charge in [-0.05, 0) is 42.5 Å². The number of anilines is 2. The Morgan fingerprint density at radius 3 is 2.08 bits per heavy atom. The number of carbonyl (C=O) groups is 2.